The van der Waals surface area contributed by atoms with Gasteiger partial charge in [0.05, 0.1) is 17.8 Å². The van der Waals surface area contributed by atoms with Crippen molar-refractivity contribution >= 4 is 0 Å². The fourth-order valence-electron chi connectivity index (χ4n) is 6.26. The Morgan fingerprint density at radius 2 is 1.83 bits per heavy atom. The molecule has 0 bridgehead atoms. The minimum atomic E-state index is -0.627. The zero-order valence-electron chi connectivity index (χ0n) is 19.3. The molecule has 30 heavy (non-hydrogen) atoms. The van der Waals surface area contributed by atoms with Crippen LogP contribution in [0.25, 0.3) is 0 Å². The van der Waals surface area contributed by atoms with Crippen LogP contribution in [0.2, 0.25) is 0 Å². The first-order chi connectivity index (χ1) is 14.0. The molecular weight excluding hydrogens is 372 g/mol. The predicted octanol–water partition coefficient (Wildman–Crippen LogP) is 5.62. The highest BCUT2D eigenvalue weighted by Gasteiger charge is 2.49. The van der Waals surface area contributed by atoms with Gasteiger partial charge in [-0.1, -0.05) is 49.0 Å². The molecule has 3 fully saturated rings. The van der Waals surface area contributed by atoms with Crippen molar-refractivity contribution in [2.75, 3.05) is 0 Å². The summed E-state index contributed by atoms with van der Waals surface area (Å²) in [4.78, 5) is 0. The number of aliphatic hydroxyl groups is 3. The fourth-order valence-corrected chi connectivity index (χ4v) is 6.26. The number of allylic oxidation sites excluding steroid dienone is 4. The summed E-state index contributed by atoms with van der Waals surface area (Å²) in [5, 5.41) is 30.2. The zero-order chi connectivity index (χ0) is 22.1. The Morgan fingerprint density at radius 3 is 2.47 bits per heavy atom. The van der Waals surface area contributed by atoms with Crippen LogP contribution in [0.1, 0.15) is 85.0 Å². The first-order valence-electron chi connectivity index (χ1n) is 11.8. The van der Waals surface area contributed by atoms with Crippen LogP contribution in [0, 0.1) is 17.3 Å². The Bertz CT molecular complexity index is 707. The maximum Gasteiger partial charge on any atom is 0.0809 e. The summed E-state index contributed by atoms with van der Waals surface area (Å²) in [7, 11) is 0. The monoisotopic (exact) mass is 414 g/mol. The third kappa shape index (κ3) is 5.18. The van der Waals surface area contributed by atoms with E-state index in [1.165, 1.54) is 36.8 Å². The molecule has 3 aliphatic carbocycles. The molecule has 0 heterocycles. The molecule has 0 aromatic heterocycles. The van der Waals surface area contributed by atoms with Crippen molar-refractivity contribution in [1.82, 2.24) is 0 Å². The third-order valence-electron chi connectivity index (χ3n) is 8.04. The normalized spacial score (nSPS) is 36.1. The summed E-state index contributed by atoms with van der Waals surface area (Å²) in [5.74, 6) is 1.18. The minimum absolute atomic E-state index is 0.286. The van der Waals surface area contributed by atoms with E-state index in [0.29, 0.717) is 30.3 Å². The van der Waals surface area contributed by atoms with Crippen LogP contribution < -0.4 is 0 Å². The van der Waals surface area contributed by atoms with E-state index in [9.17, 15) is 15.3 Å². The van der Waals surface area contributed by atoms with Crippen molar-refractivity contribution in [3.05, 3.63) is 47.6 Å². The average Bonchev–Trinajstić information content (AvgIpc) is 3.00. The van der Waals surface area contributed by atoms with Crippen LogP contribution in [-0.4, -0.2) is 33.1 Å². The average molecular weight is 415 g/mol. The molecule has 0 saturated heterocycles. The van der Waals surface area contributed by atoms with Crippen molar-refractivity contribution in [2.24, 2.45) is 17.3 Å². The Hall–Kier alpha value is -1.16. The second-order valence-corrected chi connectivity index (χ2v) is 10.9. The summed E-state index contributed by atoms with van der Waals surface area (Å²) in [5.41, 5.74) is 4.27. The molecule has 3 N–H and O–H groups in total. The van der Waals surface area contributed by atoms with E-state index < -0.39 is 17.8 Å². The predicted molar refractivity (Wildman–Crippen MR) is 124 cm³/mol. The standard InChI is InChI=1S/C27H42O3/c1-18(8-6-14-26(3,4)30)22-12-13-23-21(9-7-15-27(22,23)5)11-10-20-16-24(28)19(2)25(29)17-20/h10-11,22-25,28-30H,1-2,6-9,12-17H2,3-5H3. The fraction of sp³-hybridized carbons (Fsp3) is 0.704. The summed E-state index contributed by atoms with van der Waals surface area (Å²) >= 11 is 0. The van der Waals surface area contributed by atoms with Gasteiger partial charge in [0.1, 0.15) is 0 Å². The molecule has 0 spiro atoms. The Morgan fingerprint density at radius 1 is 1.17 bits per heavy atom. The summed E-state index contributed by atoms with van der Waals surface area (Å²) in [6.45, 7) is 14.5. The van der Waals surface area contributed by atoms with Gasteiger partial charge in [-0.15, -0.1) is 0 Å². The van der Waals surface area contributed by atoms with Crippen LogP contribution >= 0.6 is 0 Å². The van der Waals surface area contributed by atoms with Gasteiger partial charge >= 0.3 is 0 Å². The topological polar surface area (TPSA) is 60.7 Å². The van der Waals surface area contributed by atoms with Gasteiger partial charge in [-0.05, 0) is 101 Å². The second kappa shape index (κ2) is 9.14. The summed E-state index contributed by atoms with van der Waals surface area (Å²) in [6.07, 6.45) is 13.3. The van der Waals surface area contributed by atoms with E-state index in [-0.39, 0.29) is 5.41 Å². The molecular formula is C27H42O3. The lowest BCUT2D eigenvalue weighted by Gasteiger charge is -2.43. The number of fused-ring (bicyclic) bond motifs is 1. The van der Waals surface area contributed by atoms with E-state index in [0.717, 1.165) is 31.3 Å². The van der Waals surface area contributed by atoms with Gasteiger partial charge in [-0.2, -0.15) is 0 Å². The number of hydrogen-bond donors (Lipinski definition) is 3. The molecule has 0 radical (unpaired) electrons. The molecule has 0 aromatic rings. The lowest BCUT2D eigenvalue weighted by atomic mass is 9.62. The first kappa shape index (κ1) is 23.5. The van der Waals surface area contributed by atoms with Crippen LogP contribution in [0.5, 0.6) is 0 Å². The molecule has 0 amide bonds. The van der Waals surface area contributed by atoms with Crippen molar-refractivity contribution in [1.29, 1.82) is 0 Å². The molecule has 0 aromatic carbocycles. The molecule has 168 valence electrons. The van der Waals surface area contributed by atoms with Gasteiger partial charge in [0.25, 0.3) is 0 Å². The van der Waals surface area contributed by atoms with Gasteiger partial charge in [0.15, 0.2) is 0 Å². The molecule has 0 aliphatic heterocycles. The smallest absolute Gasteiger partial charge is 0.0809 e. The van der Waals surface area contributed by atoms with E-state index >= 15 is 0 Å². The zero-order valence-corrected chi connectivity index (χ0v) is 19.3. The van der Waals surface area contributed by atoms with E-state index in [1.54, 1.807) is 0 Å². The third-order valence-corrected chi connectivity index (χ3v) is 8.04. The summed E-state index contributed by atoms with van der Waals surface area (Å²) in [6, 6.07) is 0. The number of hydrogen-bond acceptors (Lipinski definition) is 3. The van der Waals surface area contributed by atoms with Gasteiger partial charge in [-0.3, -0.25) is 0 Å². The van der Waals surface area contributed by atoms with Gasteiger partial charge in [-0.25, -0.2) is 0 Å². The van der Waals surface area contributed by atoms with Gasteiger partial charge < -0.3 is 15.3 Å². The highest BCUT2D eigenvalue weighted by molar-refractivity contribution is 5.30. The Balaban J connectivity index is 1.68. The Labute approximate surface area is 183 Å². The molecule has 3 aliphatic rings. The van der Waals surface area contributed by atoms with Crippen LogP contribution in [-0.2, 0) is 0 Å². The highest BCUT2D eigenvalue weighted by Crippen LogP contribution is 2.59. The molecule has 3 rings (SSSR count). The van der Waals surface area contributed by atoms with Gasteiger partial charge in [0, 0.05) is 0 Å². The van der Waals surface area contributed by atoms with Crippen LogP contribution in [0.3, 0.4) is 0 Å². The SMILES string of the molecule is C=C1C(O)CC(=CC=C2CCCC3(C)C(C(=C)CCCC(C)(C)O)CCC23)CC1O. The number of rotatable bonds is 6. The van der Waals surface area contributed by atoms with Crippen molar-refractivity contribution < 1.29 is 15.3 Å². The molecule has 3 heteroatoms. The van der Waals surface area contributed by atoms with Crippen molar-refractivity contribution in [2.45, 2.75) is 103 Å². The number of aliphatic hydroxyl groups excluding tert-OH is 2. The van der Waals surface area contributed by atoms with E-state index in [2.05, 4.69) is 32.2 Å². The Kier molecular flexibility index (Phi) is 7.16. The first-order valence-corrected chi connectivity index (χ1v) is 11.8. The highest BCUT2D eigenvalue weighted by atomic mass is 16.3. The molecule has 3 saturated carbocycles. The van der Waals surface area contributed by atoms with Gasteiger partial charge in [0.2, 0.25) is 0 Å². The lowest BCUT2D eigenvalue weighted by Crippen LogP contribution is -2.34. The molecule has 3 nitrogen and oxygen atoms in total. The van der Waals surface area contributed by atoms with E-state index in [4.69, 9.17) is 0 Å². The molecule has 5 unspecified atom stereocenters. The van der Waals surface area contributed by atoms with Crippen molar-refractivity contribution in [3.63, 3.8) is 0 Å². The van der Waals surface area contributed by atoms with Crippen molar-refractivity contribution in [3.8, 4) is 0 Å². The maximum atomic E-state index is 10.1. The quantitative estimate of drug-likeness (QED) is 0.494. The summed E-state index contributed by atoms with van der Waals surface area (Å²) < 4.78 is 0. The van der Waals surface area contributed by atoms with Crippen LogP contribution in [0.4, 0.5) is 0 Å². The second-order valence-electron chi connectivity index (χ2n) is 10.9. The molecule has 5 atom stereocenters. The van der Waals surface area contributed by atoms with E-state index in [1.807, 2.05) is 13.8 Å². The lowest BCUT2D eigenvalue weighted by molar-refractivity contribution is 0.0683. The van der Waals surface area contributed by atoms with Crippen LogP contribution in [0.15, 0.2) is 47.6 Å². The maximum absolute atomic E-state index is 10.1. The minimum Gasteiger partial charge on any atom is -0.390 e. The largest absolute Gasteiger partial charge is 0.390 e.